The highest BCUT2D eigenvalue weighted by molar-refractivity contribution is 5.83. The lowest BCUT2D eigenvalue weighted by atomic mass is 10.1. The van der Waals surface area contributed by atoms with Gasteiger partial charge in [-0.2, -0.15) is 0 Å². The second-order valence-corrected chi connectivity index (χ2v) is 3.18. The molecule has 0 radical (unpaired) electrons. The van der Waals surface area contributed by atoms with Crippen LogP contribution in [0.2, 0.25) is 0 Å². The molecule has 2 rings (SSSR count). The quantitative estimate of drug-likeness (QED) is 0.602. The minimum atomic E-state index is 0.0156. The zero-order valence-electron chi connectivity index (χ0n) is 7.61. The first-order valence-electron chi connectivity index (χ1n) is 4.09. The maximum atomic E-state index is 11.3. The maximum Gasteiger partial charge on any atom is 0.250 e. The van der Waals surface area contributed by atoms with Gasteiger partial charge in [-0.3, -0.25) is 9.78 Å². The van der Waals surface area contributed by atoms with E-state index in [0.29, 0.717) is 0 Å². The van der Waals surface area contributed by atoms with Gasteiger partial charge in [0.15, 0.2) is 0 Å². The summed E-state index contributed by atoms with van der Waals surface area (Å²) in [6.45, 7) is 1.95. The molecule has 13 heavy (non-hydrogen) atoms. The fraction of sp³-hybridized carbons (Fsp3) is 0.200. The number of hydrogen-bond acceptors (Lipinski definition) is 2. The molecule has 3 nitrogen and oxygen atoms in total. The van der Waals surface area contributed by atoms with Crippen molar-refractivity contribution in [3.8, 4) is 0 Å². The molecular formula is C10H10N2O. The minimum absolute atomic E-state index is 0.0156. The number of fused-ring (bicyclic) bond motifs is 1. The Balaban J connectivity index is 2.97. The molecule has 0 saturated carbocycles. The lowest BCUT2D eigenvalue weighted by Crippen LogP contribution is -2.14. The molecule has 0 spiro atoms. The molecule has 0 N–H and O–H groups in total. The Morgan fingerprint density at radius 3 is 2.92 bits per heavy atom. The van der Waals surface area contributed by atoms with E-state index in [2.05, 4.69) is 4.98 Å². The number of aryl methyl sites for hydroxylation is 2. The summed E-state index contributed by atoms with van der Waals surface area (Å²) < 4.78 is 1.56. The van der Waals surface area contributed by atoms with Gasteiger partial charge in [-0.1, -0.05) is 0 Å². The van der Waals surface area contributed by atoms with Gasteiger partial charge in [0.25, 0.3) is 5.56 Å². The Bertz CT molecular complexity index is 514. The van der Waals surface area contributed by atoms with E-state index in [1.54, 1.807) is 36.3 Å². The standard InChI is InChI=1S/C10H10N2O/c1-7-4-11-5-8-6-12(2)10(13)3-9(7)8/h3-6H,1-2H3. The minimum Gasteiger partial charge on any atom is -0.318 e. The SMILES string of the molecule is Cc1cncc2cn(C)c(=O)cc12. The van der Waals surface area contributed by atoms with E-state index in [9.17, 15) is 4.79 Å². The average Bonchev–Trinajstić information content (AvgIpc) is 2.09. The van der Waals surface area contributed by atoms with Gasteiger partial charge in [0.05, 0.1) is 0 Å². The topological polar surface area (TPSA) is 34.9 Å². The van der Waals surface area contributed by atoms with Crippen LogP contribution in [0.15, 0.2) is 29.5 Å². The summed E-state index contributed by atoms with van der Waals surface area (Å²) in [7, 11) is 1.74. The van der Waals surface area contributed by atoms with Gasteiger partial charge in [0, 0.05) is 37.1 Å². The van der Waals surface area contributed by atoms with E-state index in [1.807, 2.05) is 6.92 Å². The predicted octanol–water partition coefficient (Wildman–Crippen LogP) is 1.24. The Labute approximate surface area is 75.7 Å². The second kappa shape index (κ2) is 2.69. The van der Waals surface area contributed by atoms with Crippen molar-refractivity contribution in [3.05, 3.63) is 40.6 Å². The molecule has 2 aromatic heterocycles. The Hall–Kier alpha value is -1.64. The summed E-state index contributed by atoms with van der Waals surface area (Å²) >= 11 is 0. The van der Waals surface area contributed by atoms with Gasteiger partial charge >= 0.3 is 0 Å². The van der Waals surface area contributed by atoms with Gasteiger partial charge in [-0.15, -0.1) is 0 Å². The van der Waals surface area contributed by atoms with E-state index in [1.165, 1.54) is 0 Å². The average molecular weight is 174 g/mol. The molecule has 0 atom stereocenters. The van der Waals surface area contributed by atoms with Gasteiger partial charge < -0.3 is 4.57 Å². The summed E-state index contributed by atoms with van der Waals surface area (Å²) in [5.41, 5.74) is 1.05. The molecule has 0 aliphatic carbocycles. The van der Waals surface area contributed by atoms with Crippen molar-refractivity contribution in [1.82, 2.24) is 9.55 Å². The van der Waals surface area contributed by atoms with Crippen molar-refractivity contribution < 1.29 is 0 Å². The fourth-order valence-electron chi connectivity index (χ4n) is 1.39. The summed E-state index contributed by atoms with van der Waals surface area (Å²) in [4.78, 5) is 15.4. The highest BCUT2D eigenvalue weighted by Crippen LogP contribution is 2.13. The van der Waals surface area contributed by atoms with Gasteiger partial charge in [-0.05, 0) is 17.9 Å². The fourth-order valence-corrected chi connectivity index (χ4v) is 1.39. The molecular weight excluding hydrogens is 164 g/mol. The number of nitrogens with zero attached hydrogens (tertiary/aromatic N) is 2. The molecule has 0 aliphatic heterocycles. The van der Waals surface area contributed by atoms with Crippen LogP contribution < -0.4 is 5.56 Å². The van der Waals surface area contributed by atoms with Crippen LogP contribution in [-0.4, -0.2) is 9.55 Å². The number of aromatic nitrogens is 2. The summed E-state index contributed by atoms with van der Waals surface area (Å²) in [5, 5.41) is 1.99. The lowest BCUT2D eigenvalue weighted by molar-refractivity contribution is 0.869. The second-order valence-electron chi connectivity index (χ2n) is 3.18. The van der Waals surface area contributed by atoms with Crippen LogP contribution in [0.4, 0.5) is 0 Å². The Morgan fingerprint density at radius 1 is 1.38 bits per heavy atom. The Morgan fingerprint density at radius 2 is 2.15 bits per heavy atom. The van der Waals surface area contributed by atoms with Crippen LogP contribution in [0.5, 0.6) is 0 Å². The molecule has 0 saturated heterocycles. The molecule has 0 amide bonds. The van der Waals surface area contributed by atoms with Crippen molar-refractivity contribution in [1.29, 1.82) is 0 Å². The van der Waals surface area contributed by atoms with E-state index >= 15 is 0 Å². The van der Waals surface area contributed by atoms with Crippen LogP contribution in [0.3, 0.4) is 0 Å². The van der Waals surface area contributed by atoms with E-state index in [-0.39, 0.29) is 5.56 Å². The summed E-state index contributed by atoms with van der Waals surface area (Å²) in [5.74, 6) is 0. The molecule has 0 aliphatic rings. The van der Waals surface area contributed by atoms with Crippen LogP contribution >= 0.6 is 0 Å². The predicted molar refractivity (Wildman–Crippen MR) is 51.7 cm³/mol. The first-order chi connectivity index (χ1) is 6.18. The van der Waals surface area contributed by atoms with Crippen LogP contribution in [-0.2, 0) is 7.05 Å². The van der Waals surface area contributed by atoms with Crippen molar-refractivity contribution in [2.45, 2.75) is 6.92 Å². The summed E-state index contributed by atoms with van der Waals surface area (Å²) in [6, 6.07) is 1.65. The van der Waals surface area contributed by atoms with E-state index < -0.39 is 0 Å². The van der Waals surface area contributed by atoms with Crippen LogP contribution in [0.25, 0.3) is 10.8 Å². The van der Waals surface area contributed by atoms with Crippen molar-refractivity contribution in [2.24, 2.45) is 7.05 Å². The third-order valence-electron chi connectivity index (χ3n) is 2.17. The highest BCUT2D eigenvalue weighted by Gasteiger charge is 1.99. The van der Waals surface area contributed by atoms with Crippen LogP contribution in [0.1, 0.15) is 5.56 Å². The van der Waals surface area contributed by atoms with Crippen molar-refractivity contribution in [3.63, 3.8) is 0 Å². The van der Waals surface area contributed by atoms with Gasteiger partial charge in [0.2, 0.25) is 0 Å². The molecule has 2 aromatic rings. The molecule has 2 heterocycles. The van der Waals surface area contributed by atoms with Crippen molar-refractivity contribution >= 4 is 10.8 Å². The van der Waals surface area contributed by atoms with Gasteiger partial charge in [-0.25, -0.2) is 0 Å². The first-order valence-corrected chi connectivity index (χ1v) is 4.09. The zero-order chi connectivity index (χ0) is 9.42. The van der Waals surface area contributed by atoms with Crippen LogP contribution in [0, 0.1) is 6.92 Å². The van der Waals surface area contributed by atoms with Crippen molar-refractivity contribution in [2.75, 3.05) is 0 Å². The Kier molecular flexibility index (Phi) is 1.65. The molecule has 0 bridgehead atoms. The third kappa shape index (κ3) is 1.22. The lowest BCUT2D eigenvalue weighted by Gasteiger charge is -2.02. The smallest absolute Gasteiger partial charge is 0.250 e. The highest BCUT2D eigenvalue weighted by atomic mass is 16.1. The van der Waals surface area contributed by atoms with E-state index in [4.69, 9.17) is 0 Å². The van der Waals surface area contributed by atoms with E-state index in [0.717, 1.165) is 16.3 Å². The van der Waals surface area contributed by atoms with Gasteiger partial charge in [0.1, 0.15) is 0 Å². The molecule has 3 heteroatoms. The number of rotatable bonds is 0. The molecule has 0 fully saturated rings. The molecule has 66 valence electrons. The third-order valence-corrected chi connectivity index (χ3v) is 2.17. The monoisotopic (exact) mass is 174 g/mol. The molecule has 0 aromatic carbocycles. The molecule has 0 unspecified atom stereocenters. The maximum absolute atomic E-state index is 11.3. The normalized spacial score (nSPS) is 10.6. The summed E-state index contributed by atoms with van der Waals surface area (Å²) in [6.07, 6.45) is 5.33. The largest absolute Gasteiger partial charge is 0.318 e. The number of hydrogen-bond donors (Lipinski definition) is 0. The number of pyridine rings is 2. The zero-order valence-corrected chi connectivity index (χ0v) is 7.61. The first kappa shape index (κ1) is 7.98.